The molecule has 0 aromatic carbocycles. The van der Waals surface area contributed by atoms with Crippen molar-refractivity contribution < 1.29 is 19.1 Å². The Kier molecular flexibility index (Phi) is 5.22. The van der Waals surface area contributed by atoms with Crippen LogP contribution in [0.25, 0.3) is 0 Å². The van der Waals surface area contributed by atoms with Crippen molar-refractivity contribution >= 4 is 12.1 Å². The van der Waals surface area contributed by atoms with Crippen LogP contribution in [0.4, 0.5) is 9.18 Å². The minimum absolute atomic E-state index is 0.273. The van der Waals surface area contributed by atoms with Gasteiger partial charge < -0.3 is 10.8 Å². The van der Waals surface area contributed by atoms with E-state index < -0.39 is 18.0 Å². The Balaban J connectivity index is 0.000000364. The first kappa shape index (κ1) is 12.4. The summed E-state index contributed by atoms with van der Waals surface area (Å²) in [5.74, 6) is -0.118. The van der Waals surface area contributed by atoms with Crippen LogP contribution in [-0.2, 0) is 4.79 Å². The van der Waals surface area contributed by atoms with Gasteiger partial charge in [-0.05, 0) is 18.8 Å². The molecule has 1 fully saturated rings. The van der Waals surface area contributed by atoms with Crippen LogP contribution in [-0.4, -0.2) is 17.2 Å². The quantitative estimate of drug-likeness (QED) is 0.652. The van der Waals surface area contributed by atoms with Gasteiger partial charge in [-0.15, -0.1) is 0 Å². The van der Waals surface area contributed by atoms with Crippen molar-refractivity contribution in [2.75, 3.05) is 0 Å². The van der Waals surface area contributed by atoms with Gasteiger partial charge in [-0.1, -0.05) is 0 Å². The highest BCUT2D eigenvalue weighted by molar-refractivity contribution is 5.72. The van der Waals surface area contributed by atoms with E-state index in [0.29, 0.717) is 19.3 Å². The van der Waals surface area contributed by atoms with Gasteiger partial charge >= 0.3 is 12.1 Å². The van der Waals surface area contributed by atoms with E-state index in [-0.39, 0.29) is 5.92 Å². The number of nitrogens with two attached hydrogens (primary N) is 1. The maximum Gasteiger partial charge on any atom is 0.402 e. The first-order valence-electron chi connectivity index (χ1n) is 4.02. The van der Waals surface area contributed by atoms with Crippen molar-refractivity contribution in [1.82, 2.24) is 0 Å². The molecule has 0 aliphatic heterocycles. The van der Waals surface area contributed by atoms with E-state index in [4.69, 9.17) is 15.2 Å². The van der Waals surface area contributed by atoms with Crippen LogP contribution in [0, 0.1) is 23.2 Å². The Morgan fingerprint density at radius 1 is 1.57 bits per heavy atom. The third kappa shape index (κ3) is 5.09. The second kappa shape index (κ2) is 5.91. The van der Waals surface area contributed by atoms with E-state index in [1.807, 2.05) is 6.07 Å². The minimum Gasteiger partial charge on any atom is -0.465 e. The molecule has 0 saturated heterocycles. The molecule has 6 heteroatoms. The summed E-state index contributed by atoms with van der Waals surface area (Å²) in [5, 5.41) is 15.4. The molecule has 0 radical (unpaired) electrons. The molecule has 1 rings (SSSR count). The predicted octanol–water partition coefficient (Wildman–Crippen LogP) is 1.05. The molecule has 0 aromatic heterocycles. The Labute approximate surface area is 80.3 Å². The standard InChI is InChI=1S/C7H8FNO.CH3NO2/c8-7(10)6-3-5(4-6)1-2-9;2-1(3)4/h5-6H,1,3-4H2;2H2,(H,3,4). The molecule has 3 N–H and O–H groups in total. The molecule has 0 aromatic rings. The van der Waals surface area contributed by atoms with Gasteiger partial charge in [0.15, 0.2) is 0 Å². The molecule has 1 saturated carbocycles. The van der Waals surface area contributed by atoms with Gasteiger partial charge in [0.25, 0.3) is 0 Å². The molecule has 0 unspecified atom stereocenters. The maximum absolute atomic E-state index is 11.8. The molecule has 14 heavy (non-hydrogen) atoms. The Morgan fingerprint density at radius 2 is 2.00 bits per heavy atom. The second-order valence-corrected chi connectivity index (χ2v) is 3.04. The van der Waals surface area contributed by atoms with Crippen molar-refractivity contribution in [2.24, 2.45) is 17.6 Å². The molecular formula is C8H11FN2O3. The zero-order chi connectivity index (χ0) is 11.1. The Bertz CT molecular complexity index is 252. The van der Waals surface area contributed by atoms with E-state index in [1.165, 1.54) is 0 Å². The number of hydrogen-bond donors (Lipinski definition) is 2. The van der Waals surface area contributed by atoms with Crippen LogP contribution < -0.4 is 5.73 Å². The van der Waals surface area contributed by atoms with E-state index in [9.17, 15) is 9.18 Å². The molecule has 5 nitrogen and oxygen atoms in total. The van der Waals surface area contributed by atoms with Crippen LogP contribution >= 0.6 is 0 Å². The van der Waals surface area contributed by atoms with E-state index in [2.05, 4.69) is 5.73 Å². The fraction of sp³-hybridized carbons (Fsp3) is 0.625. The smallest absolute Gasteiger partial charge is 0.402 e. The van der Waals surface area contributed by atoms with Crippen LogP contribution in [0.15, 0.2) is 0 Å². The first-order chi connectivity index (χ1) is 6.47. The number of nitriles is 1. The van der Waals surface area contributed by atoms with Crippen LogP contribution in [0.3, 0.4) is 0 Å². The number of amides is 1. The number of primary amides is 1. The Hall–Kier alpha value is -1.64. The molecule has 1 aliphatic carbocycles. The number of nitrogens with zero attached hydrogens (tertiary/aromatic N) is 1. The highest BCUT2D eigenvalue weighted by Gasteiger charge is 2.34. The third-order valence-electron chi connectivity index (χ3n) is 1.94. The summed E-state index contributed by atoms with van der Waals surface area (Å²) in [6, 6.07) is 0.782. The maximum atomic E-state index is 11.8. The number of rotatable bonds is 2. The fourth-order valence-corrected chi connectivity index (χ4v) is 1.22. The van der Waals surface area contributed by atoms with Gasteiger partial charge in [0.05, 0.1) is 12.0 Å². The zero-order valence-corrected chi connectivity index (χ0v) is 7.44. The first-order valence-corrected chi connectivity index (χ1v) is 4.02. The summed E-state index contributed by atoms with van der Waals surface area (Å²) in [6.07, 6.45) is 0.273. The monoisotopic (exact) mass is 202 g/mol. The van der Waals surface area contributed by atoms with Crippen LogP contribution in [0.2, 0.25) is 0 Å². The van der Waals surface area contributed by atoms with Crippen molar-refractivity contribution in [3.8, 4) is 6.07 Å². The number of hydrogen-bond acceptors (Lipinski definition) is 3. The molecule has 1 aliphatic rings. The number of halogens is 1. The van der Waals surface area contributed by atoms with Crippen molar-refractivity contribution in [3.63, 3.8) is 0 Å². The lowest BCUT2D eigenvalue weighted by Gasteiger charge is -2.29. The fourth-order valence-electron chi connectivity index (χ4n) is 1.22. The van der Waals surface area contributed by atoms with Crippen LogP contribution in [0.5, 0.6) is 0 Å². The van der Waals surface area contributed by atoms with E-state index in [0.717, 1.165) is 0 Å². The van der Waals surface area contributed by atoms with Gasteiger partial charge in [-0.3, -0.25) is 4.79 Å². The van der Waals surface area contributed by atoms with Crippen molar-refractivity contribution in [1.29, 1.82) is 5.26 Å². The van der Waals surface area contributed by atoms with Crippen molar-refractivity contribution in [3.05, 3.63) is 0 Å². The molecule has 1 amide bonds. The van der Waals surface area contributed by atoms with Gasteiger partial charge in [0.1, 0.15) is 0 Å². The molecule has 0 heterocycles. The second-order valence-electron chi connectivity index (χ2n) is 3.04. The van der Waals surface area contributed by atoms with Gasteiger partial charge in [-0.2, -0.15) is 9.65 Å². The highest BCUT2D eigenvalue weighted by Crippen LogP contribution is 2.36. The van der Waals surface area contributed by atoms with Gasteiger partial charge in [0.2, 0.25) is 0 Å². The summed E-state index contributed by atoms with van der Waals surface area (Å²) in [4.78, 5) is 18.8. The van der Waals surface area contributed by atoms with E-state index >= 15 is 0 Å². The normalized spacial score (nSPS) is 23.4. The highest BCUT2D eigenvalue weighted by atomic mass is 19.1. The topological polar surface area (TPSA) is 104 Å². The summed E-state index contributed by atoms with van der Waals surface area (Å²) < 4.78 is 11.8. The van der Waals surface area contributed by atoms with Crippen LogP contribution in [0.1, 0.15) is 19.3 Å². The minimum atomic E-state index is -1.33. The SMILES string of the molecule is N#CCC1CC(C(=O)F)C1.NC(=O)O. The lowest BCUT2D eigenvalue weighted by molar-refractivity contribution is -0.137. The molecule has 0 spiro atoms. The Morgan fingerprint density at radius 3 is 2.29 bits per heavy atom. The summed E-state index contributed by atoms with van der Waals surface area (Å²) in [7, 11) is 0. The zero-order valence-electron chi connectivity index (χ0n) is 7.44. The third-order valence-corrected chi connectivity index (χ3v) is 1.94. The largest absolute Gasteiger partial charge is 0.465 e. The predicted molar refractivity (Wildman–Crippen MR) is 44.8 cm³/mol. The van der Waals surface area contributed by atoms with E-state index in [1.54, 1.807) is 0 Å². The lowest BCUT2D eigenvalue weighted by Crippen LogP contribution is -2.27. The van der Waals surface area contributed by atoms with Crippen molar-refractivity contribution in [2.45, 2.75) is 19.3 Å². The average Bonchev–Trinajstić information content (AvgIpc) is 1.93. The molecule has 78 valence electrons. The summed E-state index contributed by atoms with van der Waals surface area (Å²) in [5.41, 5.74) is 4.03. The molecule has 0 atom stereocenters. The molecular weight excluding hydrogens is 191 g/mol. The average molecular weight is 202 g/mol. The number of carbonyl (C=O) groups excluding carboxylic acids is 1. The van der Waals surface area contributed by atoms with Gasteiger partial charge in [-0.25, -0.2) is 4.79 Å². The number of carbonyl (C=O) groups is 2. The summed E-state index contributed by atoms with van der Waals surface area (Å²) >= 11 is 0. The lowest BCUT2D eigenvalue weighted by atomic mass is 9.74. The summed E-state index contributed by atoms with van der Waals surface area (Å²) in [6.45, 7) is 0. The molecule has 0 bridgehead atoms. The number of carboxylic acid groups (broad SMARTS) is 1. The van der Waals surface area contributed by atoms with Gasteiger partial charge in [0, 0.05) is 6.42 Å².